The van der Waals surface area contributed by atoms with E-state index in [4.69, 9.17) is 0 Å². The van der Waals surface area contributed by atoms with Crippen molar-refractivity contribution in [2.45, 2.75) is 19.0 Å². The molecule has 2 aromatic heterocycles. The normalized spacial score (nSPS) is 12.6. The molecule has 21 heavy (non-hydrogen) atoms. The third-order valence-corrected chi connectivity index (χ3v) is 3.63. The van der Waals surface area contributed by atoms with Crippen LogP contribution in [0.4, 0.5) is 0 Å². The molecule has 4 nitrogen and oxygen atoms in total. The topological polar surface area (TPSA) is 49.6 Å². The monoisotopic (exact) mass is 281 g/mol. The molecule has 0 aliphatic heterocycles. The van der Waals surface area contributed by atoms with Gasteiger partial charge in [-0.05, 0) is 24.1 Å². The number of nitrogens with one attached hydrogen (secondary N) is 1. The average molecular weight is 281 g/mol. The molecule has 0 saturated heterocycles. The lowest BCUT2D eigenvalue weighted by atomic mass is 10.1. The Kier molecular flexibility index (Phi) is 4.28. The van der Waals surface area contributed by atoms with E-state index >= 15 is 0 Å². The van der Waals surface area contributed by atoms with E-state index in [2.05, 4.69) is 28.6 Å². The van der Waals surface area contributed by atoms with Crippen LogP contribution in [0.3, 0.4) is 0 Å². The van der Waals surface area contributed by atoms with Crippen LogP contribution >= 0.6 is 0 Å². The summed E-state index contributed by atoms with van der Waals surface area (Å²) in [5.74, 6) is 0. The first-order valence-corrected chi connectivity index (χ1v) is 7.16. The zero-order valence-corrected chi connectivity index (χ0v) is 11.8. The summed E-state index contributed by atoms with van der Waals surface area (Å²) in [4.78, 5) is 0. The van der Waals surface area contributed by atoms with E-state index in [1.807, 2.05) is 47.2 Å². The number of nitrogens with zero attached hydrogens (tertiary/aromatic N) is 2. The molecule has 1 aromatic carbocycles. The third-order valence-electron chi connectivity index (χ3n) is 3.63. The van der Waals surface area contributed by atoms with Crippen molar-refractivity contribution in [1.82, 2.24) is 14.9 Å². The highest BCUT2D eigenvalue weighted by molar-refractivity contribution is 5.53. The van der Waals surface area contributed by atoms with Gasteiger partial charge in [0.1, 0.15) is 0 Å². The average Bonchev–Trinajstić information content (AvgIpc) is 2.96. The Morgan fingerprint density at radius 2 is 1.90 bits per heavy atom. The summed E-state index contributed by atoms with van der Waals surface area (Å²) in [6.45, 7) is 0.819. The van der Waals surface area contributed by atoms with Gasteiger partial charge in [-0.25, -0.2) is 4.52 Å². The lowest BCUT2D eigenvalue weighted by Crippen LogP contribution is -2.33. The molecule has 0 saturated carbocycles. The zero-order valence-electron chi connectivity index (χ0n) is 11.8. The standard InChI is InChI=1S/C17H19N3O/c21-13-16(10-14-6-2-1-3-7-14)18-11-15-12-19-20-9-5-4-8-17(15)20/h1-9,12,16,18,21H,10-11,13H2. The number of fused-ring (bicyclic) bond motifs is 1. The predicted molar refractivity (Wildman–Crippen MR) is 83.1 cm³/mol. The molecule has 1 unspecified atom stereocenters. The van der Waals surface area contributed by atoms with Crippen LogP contribution in [-0.2, 0) is 13.0 Å². The fraction of sp³-hybridized carbons (Fsp3) is 0.235. The van der Waals surface area contributed by atoms with Gasteiger partial charge >= 0.3 is 0 Å². The second kappa shape index (κ2) is 6.52. The number of benzene rings is 1. The second-order valence-electron chi connectivity index (χ2n) is 5.15. The molecule has 1 atom stereocenters. The largest absolute Gasteiger partial charge is 0.395 e. The van der Waals surface area contributed by atoms with Gasteiger partial charge in [-0.3, -0.25) is 0 Å². The number of aromatic nitrogens is 2. The van der Waals surface area contributed by atoms with Crippen LogP contribution in [0, 0.1) is 0 Å². The minimum Gasteiger partial charge on any atom is -0.395 e. The van der Waals surface area contributed by atoms with E-state index in [1.165, 1.54) is 5.56 Å². The Morgan fingerprint density at radius 1 is 1.10 bits per heavy atom. The van der Waals surface area contributed by atoms with Crippen LogP contribution in [0.2, 0.25) is 0 Å². The predicted octanol–water partition coefficient (Wildman–Crippen LogP) is 2.03. The molecule has 0 spiro atoms. The summed E-state index contributed by atoms with van der Waals surface area (Å²) < 4.78 is 1.86. The van der Waals surface area contributed by atoms with Crippen LogP contribution < -0.4 is 5.32 Å². The van der Waals surface area contributed by atoms with E-state index in [0.717, 1.165) is 17.5 Å². The molecule has 108 valence electrons. The molecular weight excluding hydrogens is 262 g/mol. The highest BCUT2D eigenvalue weighted by Crippen LogP contribution is 2.10. The molecule has 3 aromatic rings. The van der Waals surface area contributed by atoms with Gasteiger partial charge in [0, 0.05) is 24.3 Å². The van der Waals surface area contributed by atoms with Crippen molar-refractivity contribution in [1.29, 1.82) is 0 Å². The molecule has 0 aliphatic carbocycles. The SMILES string of the molecule is OCC(Cc1ccccc1)NCc1cnn2ccccc12. The van der Waals surface area contributed by atoms with E-state index in [-0.39, 0.29) is 12.6 Å². The van der Waals surface area contributed by atoms with Crippen molar-refractivity contribution in [3.05, 3.63) is 72.1 Å². The zero-order chi connectivity index (χ0) is 14.5. The number of hydrogen-bond donors (Lipinski definition) is 2. The fourth-order valence-electron chi connectivity index (χ4n) is 2.48. The number of aliphatic hydroxyl groups is 1. The Morgan fingerprint density at radius 3 is 2.71 bits per heavy atom. The summed E-state index contributed by atoms with van der Waals surface area (Å²) in [6.07, 6.45) is 4.63. The summed E-state index contributed by atoms with van der Waals surface area (Å²) in [5, 5.41) is 17.3. The van der Waals surface area contributed by atoms with E-state index < -0.39 is 0 Å². The molecule has 0 fully saturated rings. The van der Waals surface area contributed by atoms with Crippen molar-refractivity contribution in [3.8, 4) is 0 Å². The summed E-state index contributed by atoms with van der Waals surface area (Å²) in [6, 6.07) is 16.3. The molecular formula is C17H19N3O. The summed E-state index contributed by atoms with van der Waals surface area (Å²) in [5.41, 5.74) is 3.47. The highest BCUT2D eigenvalue weighted by Gasteiger charge is 2.10. The first-order chi connectivity index (χ1) is 10.4. The van der Waals surface area contributed by atoms with Crippen LogP contribution in [0.15, 0.2) is 60.9 Å². The van der Waals surface area contributed by atoms with Gasteiger partial charge in [0.25, 0.3) is 0 Å². The first-order valence-electron chi connectivity index (χ1n) is 7.16. The van der Waals surface area contributed by atoms with Gasteiger partial charge in [-0.15, -0.1) is 0 Å². The maximum atomic E-state index is 9.55. The van der Waals surface area contributed by atoms with Crippen molar-refractivity contribution >= 4 is 5.52 Å². The quantitative estimate of drug-likeness (QED) is 0.727. The molecule has 0 bridgehead atoms. The molecule has 2 N–H and O–H groups in total. The first kappa shape index (κ1) is 13.8. The van der Waals surface area contributed by atoms with Crippen LogP contribution in [0.25, 0.3) is 5.52 Å². The maximum absolute atomic E-state index is 9.55. The van der Waals surface area contributed by atoms with Crippen LogP contribution in [0.5, 0.6) is 0 Å². The minimum atomic E-state index is 0.0473. The van der Waals surface area contributed by atoms with Gasteiger partial charge in [-0.1, -0.05) is 36.4 Å². The van der Waals surface area contributed by atoms with Gasteiger partial charge in [0.2, 0.25) is 0 Å². The molecule has 0 radical (unpaired) electrons. The van der Waals surface area contributed by atoms with Crippen molar-refractivity contribution < 1.29 is 5.11 Å². The Bertz CT molecular complexity index is 693. The van der Waals surface area contributed by atoms with Gasteiger partial charge in [0.15, 0.2) is 0 Å². The molecule has 2 heterocycles. The number of rotatable bonds is 6. The lowest BCUT2D eigenvalue weighted by Gasteiger charge is -2.16. The molecule has 0 aliphatic rings. The molecule has 3 rings (SSSR count). The summed E-state index contributed by atoms with van der Waals surface area (Å²) >= 11 is 0. The number of hydrogen-bond acceptors (Lipinski definition) is 3. The van der Waals surface area contributed by atoms with E-state index in [9.17, 15) is 5.11 Å². The van der Waals surface area contributed by atoms with E-state index in [1.54, 1.807) is 0 Å². The Balaban J connectivity index is 1.65. The lowest BCUT2D eigenvalue weighted by molar-refractivity contribution is 0.241. The van der Waals surface area contributed by atoms with E-state index in [0.29, 0.717) is 6.54 Å². The molecule has 0 amide bonds. The Hall–Kier alpha value is -2.17. The fourth-order valence-corrected chi connectivity index (χ4v) is 2.48. The smallest absolute Gasteiger partial charge is 0.0706 e. The van der Waals surface area contributed by atoms with Gasteiger partial charge < -0.3 is 10.4 Å². The number of aliphatic hydroxyl groups excluding tert-OH is 1. The molecule has 4 heteroatoms. The van der Waals surface area contributed by atoms with Crippen LogP contribution in [0.1, 0.15) is 11.1 Å². The van der Waals surface area contributed by atoms with Gasteiger partial charge in [0.05, 0.1) is 18.3 Å². The minimum absolute atomic E-state index is 0.0473. The maximum Gasteiger partial charge on any atom is 0.0706 e. The van der Waals surface area contributed by atoms with Crippen molar-refractivity contribution in [3.63, 3.8) is 0 Å². The van der Waals surface area contributed by atoms with Gasteiger partial charge in [-0.2, -0.15) is 5.10 Å². The second-order valence-corrected chi connectivity index (χ2v) is 5.15. The van der Waals surface area contributed by atoms with Crippen LogP contribution in [-0.4, -0.2) is 27.4 Å². The summed E-state index contributed by atoms with van der Waals surface area (Å²) in [7, 11) is 0. The van der Waals surface area contributed by atoms with Crippen molar-refractivity contribution in [2.24, 2.45) is 0 Å². The third kappa shape index (κ3) is 3.29. The highest BCUT2D eigenvalue weighted by atomic mass is 16.3. The van der Waals surface area contributed by atoms with Crippen molar-refractivity contribution in [2.75, 3.05) is 6.61 Å². The number of pyridine rings is 1. The Labute approximate surface area is 124 Å².